The van der Waals surface area contributed by atoms with E-state index in [1.807, 2.05) is 36.4 Å². The fraction of sp³-hybridized carbons (Fsp3) is 0.250. The molecule has 0 saturated carbocycles. The Morgan fingerprint density at radius 2 is 2.00 bits per heavy atom. The maximum absolute atomic E-state index is 12.9. The lowest BCUT2D eigenvalue weighted by atomic mass is 9.71. The summed E-state index contributed by atoms with van der Waals surface area (Å²) in [5, 5.41) is 0. The van der Waals surface area contributed by atoms with Gasteiger partial charge in [0, 0.05) is 11.6 Å². The van der Waals surface area contributed by atoms with Crippen LogP contribution in [0.5, 0.6) is 17.2 Å². The van der Waals surface area contributed by atoms with E-state index in [2.05, 4.69) is 6.58 Å². The van der Waals surface area contributed by atoms with Crippen molar-refractivity contribution in [3.8, 4) is 17.2 Å². The second kappa shape index (κ2) is 6.40. The second-order valence-electron chi connectivity index (χ2n) is 5.82. The average molecular weight is 324 g/mol. The molecule has 0 aromatic heterocycles. The molecule has 0 spiro atoms. The molecular formula is C20H20O4. The molecule has 1 aliphatic rings. The Balaban J connectivity index is 2.16. The van der Waals surface area contributed by atoms with Crippen LogP contribution in [0.2, 0.25) is 0 Å². The van der Waals surface area contributed by atoms with Crippen molar-refractivity contribution in [3.63, 3.8) is 0 Å². The number of rotatable bonds is 5. The van der Waals surface area contributed by atoms with Crippen LogP contribution in [0.1, 0.15) is 17.5 Å². The summed E-state index contributed by atoms with van der Waals surface area (Å²) in [5.74, 6) is 1.61. The summed E-state index contributed by atoms with van der Waals surface area (Å²) in [7, 11) is 3.18. The monoisotopic (exact) mass is 324 g/mol. The van der Waals surface area contributed by atoms with Gasteiger partial charge >= 0.3 is 5.97 Å². The van der Waals surface area contributed by atoms with Crippen LogP contribution in [0.25, 0.3) is 0 Å². The number of methoxy groups -OCH3 is 2. The maximum atomic E-state index is 12.9. The first-order valence-electron chi connectivity index (χ1n) is 7.78. The quantitative estimate of drug-likeness (QED) is 0.478. The molecule has 24 heavy (non-hydrogen) atoms. The Hall–Kier alpha value is -2.75. The Labute approximate surface area is 141 Å². The molecule has 2 aromatic rings. The van der Waals surface area contributed by atoms with Crippen LogP contribution in [-0.2, 0) is 16.6 Å². The van der Waals surface area contributed by atoms with Gasteiger partial charge < -0.3 is 14.2 Å². The largest absolute Gasteiger partial charge is 0.497 e. The predicted molar refractivity (Wildman–Crippen MR) is 91.8 cm³/mol. The third kappa shape index (κ3) is 2.54. The van der Waals surface area contributed by atoms with Crippen molar-refractivity contribution in [2.75, 3.05) is 14.2 Å². The van der Waals surface area contributed by atoms with Crippen molar-refractivity contribution < 1.29 is 19.0 Å². The lowest BCUT2D eigenvalue weighted by Crippen LogP contribution is -2.44. The minimum Gasteiger partial charge on any atom is -0.497 e. The smallest absolute Gasteiger partial charge is 0.322 e. The van der Waals surface area contributed by atoms with E-state index < -0.39 is 5.41 Å². The van der Waals surface area contributed by atoms with E-state index in [1.165, 1.54) is 0 Å². The number of ether oxygens (including phenoxy) is 3. The standard InChI is InChI=1S/C20H20O4/c1-4-11-20(16-10-9-15(22-2)12-18(16)23-3)13-14-7-5-6-8-17(14)24-19(20)21/h4-10,12H,1,11,13H2,2-3H3/t20-/m1/s1. The summed E-state index contributed by atoms with van der Waals surface area (Å²) in [6.07, 6.45) is 2.75. The summed E-state index contributed by atoms with van der Waals surface area (Å²) in [4.78, 5) is 12.9. The van der Waals surface area contributed by atoms with Crippen LogP contribution >= 0.6 is 0 Å². The third-order valence-electron chi connectivity index (χ3n) is 4.48. The van der Waals surface area contributed by atoms with Crippen LogP contribution in [0.15, 0.2) is 55.1 Å². The molecule has 0 radical (unpaired) electrons. The van der Waals surface area contributed by atoms with Crippen LogP contribution in [0, 0.1) is 0 Å². The zero-order valence-electron chi connectivity index (χ0n) is 13.9. The van der Waals surface area contributed by atoms with E-state index in [4.69, 9.17) is 14.2 Å². The SMILES string of the molecule is C=CC[C@]1(c2ccc(OC)cc2OC)Cc2ccccc2OC1=O. The number of benzene rings is 2. The van der Waals surface area contributed by atoms with Gasteiger partial charge in [-0.25, -0.2) is 0 Å². The number of para-hydroxylation sites is 1. The summed E-state index contributed by atoms with van der Waals surface area (Å²) in [6.45, 7) is 3.83. The van der Waals surface area contributed by atoms with Crippen LogP contribution in [-0.4, -0.2) is 20.2 Å². The highest BCUT2D eigenvalue weighted by Crippen LogP contribution is 2.44. The number of hydrogen-bond donors (Lipinski definition) is 0. The lowest BCUT2D eigenvalue weighted by molar-refractivity contribution is -0.142. The van der Waals surface area contributed by atoms with Gasteiger partial charge in [0.25, 0.3) is 0 Å². The van der Waals surface area contributed by atoms with Crippen molar-refractivity contribution in [2.45, 2.75) is 18.3 Å². The molecule has 0 bridgehead atoms. The summed E-state index contributed by atoms with van der Waals surface area (Å²) >= 11 is 0. The molecule has 1 aliphatic heterocycles. The van der Waals surface area contributed by atoms with E-state index >= 15 is 0 Å². The Morgan fingerprint density at radius 1 is 1.21 bits per heavy atom. The molecule has 1 atom stereocenters. The van der Waals surface area contributed by atoms with Gasteiger partial charge in [0.05, 0.1) is 14.2 Å². The fourth-order valence-corrected chi connectivity index (χ4v) is 3.26. The number of carbonyl (C=O) groups excluding carboxylic acids is 1. The summed E-state index contributed by atoms with van der Waals surface area (Å²) < 4.78 is 16.4. The average Bonchev–Trinajstić information content (AvgIpc) is 2.62. The molecule has 0 amide bonds. The van der Waals surface area contributed by atoms with Gasteiger partial charge in [-0.2, -0.15) is 0 Å². The molecule has 0 saturated heterocycles. The molecule has 4 nitrogen and oxygen atoms in total. The van der Waals surface area contributed by atoms with Gasteiger partial charge in [-0.05, 0) is 30.5 Å². The number of hydrogen-bond acceptors (Lipinski definition) is 4. The minimum atomic E-state index is -0.853. The molecule has 0 unspecified atom stereocenters. The summed E-state index contributed by atoms with van der Waals surface area (Å²) in [6, 6.07) is 13.1. The van der Waals surface area contributed by atoms with Gasteiger partial charge in [0.2, 0.25) is 0 Å². The van der Waals surface area contributed by atoms with Gasteiger partial charge in [-0.15, -0.1) is 6.58 Å². The summed E-state index contributed by atoms with van der Waals surface area (Å²) in [5.41, 5.74) is 0.926. The molecular weight excluding hydrogens is 304 g/mol. The Bertz CT molecular complexity index is 781. The first-order chi connectivity index (χ1) is 11.6. The molecule has 0 aliphatic carbocycles. The third-order valence-corrected chi connectivity index (χ3v) is 4.48. The second-order valence-corrected chi connectivity index (χ2v) is 5.82. The maximum Gasteiger partial charge on any atom is 0.322 e. The van der Waals surface area contributed by atoms with Gasteiger partial charge in [0.15, 0.2) is 0 Å². The van der Waals surface area contributed by atoms with E-state index in [0.717, 1.165) is 11.1 Å². The molecule has 0 N–H and O–H groups in total. The Morgan fingerprint density at radius 3 is 2.71 bits per heavy atom. The van der Waals surface area contributed by atoms with Crippen LogP contribution in [0.3, 0.4) is 0 Å². The van der Waals surface area contributed by atoms with E-state index in [9.17, 15) is 4.79 Å². The number of esters is 1. The highest BCUT2D eigenvalue weighted by atomic mass is 16.5. The molecule has 4 heteroatoms. The van der Waals surface area contributed by atoms with Gasteiger partial charge in [-0.3, -0.25) is 4.79 Å². The minimum absolute atomic E-state index is 0.287. The predicted octanol–water partition coefficient (Wildman–Crippen LogP) is 3.68. The molecule has 124 valence electrons. The number of fused-ring (bicyclic) bond motifs is 1. The van der Waals surface area contributed by atoms with Crippen LogP contribution < -0.4 is 14.2 Å². The van der Waals surface area contributed by atoms with Gasteiger partial charge in [0.1, 0.15) is 22.7 Å². The van der Waals surface area contributed by atoms with Crippen molar-refractivity contribution in [1.82, 2.24) is 0 Å². The van der Waals surface area contributed by atoms with Crippen molar-refractivity contribution in [2.24, 2.45) is 0 Å². The number of carbonyl (C=O) groups is 1. The zero-order valence-corrected chi connectivity index (χ0v) is 13.9. The lowest BCUT2D eigenvalue weighted by Gasteiger charge is -2.36. The molecule has 1 heterocycles. The molecule has 0 fully saturated rings. The molecule has 3 rings (SSSR count). The zero-order chi connectivity index (χ0) is 17.2. The van der Waals surface area contributed by atoms with E-state index in [-0.39, 0.29) is 5.97 Å². The van der Waals surface area contributed by atoms with Crippen molar-refractivity contribution >= 4 is 5.97 Å². The first kappa shape index (κ1) is 16.1. The van der Waals surface area contributed by atoms with E-state index in [1.54, 1.807) is 26.4 Å². The van der Waals surface area contributed by atoms with Gasteiger partial charge in [-0.1, -0.05) is 30.3 Å². The Kier molecular flexibility index (Phi) is 4.30. The van der Waals surface area contributed by atoms with E-state index in [0.29, 0.717) is 30.1 Å². The fourth-order valence-electron chi connectivity index (χ4n) is 3.26. The normalized spacial score (nSPS) is 19.2. The highest BCUT2D eigenvalue weighted by molar-refractivity contribution is 5.89. The van der Waals surface area contributed by atoms with Crippen molar-refractivity contribution in [1.29, 1.82) is 0 Å². The highest BCUT2D eigenvalue weighted by Gasteiger charge is 2.46. The van der Waals surface area contributed by atoms with Crippen molar-refractivity contribution in [3.05, 3.63) is 66.2 Å². The molecule has 2 aromatic carbocycles. The first-order valence-corrected chi connectivity index (χ1v) is 7.78. The topological polar surface area (TPSA) is 44.8 Å². The van der Waals surface area contributed by atoms with Crippen LogP contribution in [0.4, 0.5) is 0 Å². The number of allylic oxidation sites excluding steroid dienone is 1.